The average molecular weight is 288 g/mol. The van der Waals surface area contributed by atoms with Gasteiger partial charge in [-0.25, -0.2) is 0 Å². The standard InChI is InChI=1S/C14H20N6O/c1-4-21-14-18-12(15-2)17-13(19-14)20(3)10-8-11-7-5-6-9-16-11/h5-7,9H,4,8,10H2,1-3H3,(H,15,17,18,19). The van der Waals surface area contributed by atoms with E-state index >= 15 is 0 Å². The molecule has 0 atom stereocenters. The van der Waals surface area contributed by atoms with Crippen molar-refractivity contribution in [3.05, 3.63) is 30.1 Å². The summed E-state index contributed by atoms with van der Waals surface area (Å²) in [6.45, 7) is 3.17. The van der Waals surface area contributed by atoms with Crippen LogP contribution in [0.2, 0.25) is 0 Å². The molecular weight excluding hydrogens is 268 g/mol. The molecule has 2 aromatic heterocycles. The normalized spacial score (nSPS) is 10.2. The lowest BCUT2D eigenvalue weighted by Crippen LogP contribution is -2.24. The molecule has 0 aliphatic heterocycles. The van der Waals surface area contributed by atoms with E-state index < -0.39 is 0 Å². The Labute approximate surface area is 124 Å². The minimum Gasteiger partial charge on any atom is -0.464 e. The fourth-order valence-corrected chi connectivity index (χ4v) is 1.75. The van der Waals surface area contributed by atoms with Crippen LogP contribution < -0.4 is 15.0 Å². The van der Waals surface area contributed by atoms with Crippen molar-refractivity contribution in [2.24, 2.45) is 0 Å². The third kappa shape index (κ3) is 4.27. The van der Waals surface area contributed by atoms with Crippen molar-refractivity contribution in [2.75, 3.05) is 37.5 Å². The molecular formula is C14H20N6O. The second-order valence-electron chi connectivity index (χ2n) is 4.42. The first kappa shape index (κ1) is 15.0. The Morgan fingerprint density at radius 3 is 2.76 bits per heavy atom. The SMILES string of the molecule is CCOc1nc(NC)nc(N(C)CCc2ccccn2)n1. The molecule has 0 saturated heterocycles. The molecule has 0 aromatic carbocycles. The summed E-state index contributed by atoms with van der Waals surface area (Å²) < 4.78 is 5.36. The first-order valence-electron chi connectivity index (χ1n) is 6.90. The molecule has 7 nitrogen and oxygen atoms in total. The summed E-state index contributed by atoms with van der Waals surface area (Å²) in [4.78, 5) is 19.1. The van der Waals surface area contributed by atoms with E-state index in [4.69, 9.17) is 4.74 Å². The number of pyridine rings is 1. The lowest BCUT2D eigenvalue weighted by Gasteiger charge is -2.17. The zero-order valence-corrected chi connectivity index (χ0v) is 12.6. The van der Waals surface area contributed by atoms with Gasteiger partial charge in [-0.05, 0) is 19.1 Å². The molecule has 0 unspecified atom stereocenters. The molecule has 0 aliphatic carbocycles. The van der Waals surface area contributed by atoms with Gasteiger partial charge >= 0.3 is 6.01 Å². The smallest absolute Gasteiger partial charge is 0.323 e. The summed E-state index contributed by atoms with van der Waals surface area (Å²) in [6.07, 6.45) is 2.62. The molecule has 0 spiro atoms. The molecule has 112 valence electrons. The van der Waals surface area contributed by atoms with Crippen LogP contribution in [-0.4, -0.2) is 47.2 Å². The molecule has 0 bridgehead atoms. The van der Waals surface area contributed by atoms with E-state index in [1.54, 1.807) is 13.2 Å². The molecule has 2 rings (SSSR count). The second kappa shape index (κ2) is 7.37. The van der Waals surface area contributed by atoms with Gasteiger partial charge in [0.2, 0.25) is 11.9 Å². The minimum atomic E-state index is 0.330. The number of anilines is 2. The Balaban J connectivity index is 2.07. The van der Waals surface area contributed by atoms with Crippen LogP contribution in [0.4, 0.5) is 11.9 Å². The van der Waals surface area contributed by atoms with Gasteiger partial charge in [0, 0.05) is 39.0 Å². The molecule has 21 heavy (non-hydrogen) atoms. The number of hydrogen-bond donors (Lipinski definition) is 1. The Morgan fingerprint density at radius 2 is 2.10 bits per heavy atom. The zero-order valence-electron chi connectivity index (χ0n) is 12.6. The number of nitrogens with one attached hydrogen (secondary N) is 1. The molecule has 0 saturated carbocycles. The van der Waals surface area contributed by atoms with Gasteiger partial charge in [0.05, 0.1) is 6.61 Å². The summed E-state index contributed by atoms with van der Waals surface area (Å²) in [5, 5.41) is 2.91. The van der Waals surface area contributed by atoms with Crippen LogP contribution in [0, 0.1) is 0 Å². The maximum Gasteiger partial charge on any atom is 0.323 e. The van der Waals surface area contributed by atoms with Crippen LogP contribution in [0.1, 0.15) is 12.6 Å². The van der Waals surface area contributed by atoms with Crippen molar-refractivity contribution in [1.29, 1.82) is 0 Å². The zero-order chi connectivity index (χ0) is 15.1. The van der Waals surface area contributed by atoms with E-state index in [0.717, 1.165) is 18.7 Å². The minimum absolute atomic E-state index is 0.330. The molecule has 1 N–H and O–H groups in total. The quantitative estimate of drug-likeness (QED) is 0.825. The van der Waals surface area contributed by atoms with Crippen LogP contribution in [0.5, 0.6) is 6.01 Å². The number of ether oxygens (including phenoxy) is 1. The molecule has 0 radical (unpaired) electrons. The highest BCUT2D eigenvalue weighted by atomic mass is 16.5. The highest BCUT2D eigenvalue weighted by Gasteiger charge is 2.10. The summed E-state index contributed by atoms with van der Waals surface area (Å²) in [6, 6.07) is 6.23. The number of likely N-dealkylation sites (N-methyl/N-ethyl adjacent to an activating group) is 1. The van der Waals surface area contributed by atoms with Gasteiger partial charge in [0.1, 0.15) is 0 Å². The lowest BCUT2D eigenvalue weighted by molar-refractivity contribution is 0.312. The first-order valence-corrected chi connectivity index (χ1v) is 6.90. The number of rotatable bonds is 7. The first-order chi connectivity index (χ1) is 10.2. The molecule has 0 aliphatic rings. The molecule has 2 aromatic rings. The van der Waals surface area contributed by atoms with Gasteiger partial charge in [-0.3, -0.25) is 4.98 Å². The van der Waals surface area contributed by atoms with Gasteiger partial charge < -0.3 is 15.0 Å². The van der Waals surface area contributed by atoms with E-state index in [-0.39, 0.29) is 0 Å². The number of nitrogens with zero attached hydrogens (tertiary/aromatic N) is 5. The summed E-state index contributed by atoms with van der Waals surface area (Å²) in [7, 11) is 3.70. The van der Waals surface area contributed by atoms with Crippen molar-refractivity contribution in [1.82, 2.24) is 19.9 Å². The van der Waals surface area contributed by atoms with Crippen molar-refractivity contribution in [3.8, 4) is 6.01 Å². The van der Waals surface area contributed by atoms with E-state index in [9.17, 15) is 0 Å². The summed E-state index contributed by atoms with van der Waals surface area (Å²) >= 11 is 0. The van der Waals surface area contributed by atoms with E-state index in [1.165, 1.54) is 0 Å². The Bertz CT molecular complexity index is 563. The number of hydrogen-bond acceptors (Lipinski definition) is 7. The Kier molecular flexibility index (Phi) is 5.25. The van der Waals surface area contributed by atoms with Gasteiger partial charge in [-0.1, -0.05) is 6.07 Å². The van der Waals surface area contributed by atoms with Gasteiger partial charge in [0.25, 0.3) is 0 Å². The molecule has 7 heteroatoms. The van der Waals surface area contributed by atoms with Crippen molar-refractivity contribution < 1.29 is 4.74 Å². The summed E-state index contributed by atoms with van der Waals surface area (Å²) in [5.41, 5.74) is 1.04. The number of aromatic nitrogens is 4. The van der Waals surface area contributed by atoms with Crippen molar-refractivity contribution in [3.63, 3.8) is 0 Å². The van der Waals surface area contributed by atoms with Gasteiger partial charge in [-0.15, -0.1) is 0 Å². The van der Waals surface area contributed by atoms with Gasteiger partial charge in [-0.2, -0.15) is 15.0 Å². The summed E-state index contributed by atoms with van der Waals surface area (Å²) in [5.74, 6) is 1.07. The van der Waals surface area contributed by atoms with Crippen LogP contribution >= 0.6 is 0 Å². The Hall–Kier alpha value is -2.44. The monoisotopic (exact) mass is 288 g/mol. The molecule has 2 heterocycles. The maximum absolute atomic E-state index is 5.36. The fourth-order valence-electron chi connectivity index (χ4n) is 1.75. The van der Waals surface area contributed by atoms with Crippen LogP contribution in [-0.2, 0) is 6.42 Å². The predicted molar refractivity (Wildman–Crippen MR) is 81.8 cm³/mol. The highest BCUT2D eigenvalue weighted by molar-refractivity contribution is 5.37. The third-order valence-corrected chi connectivity index (χ3v) is 2.87. The van der Waals surface area contributed by atoms with Crippen LogP contribution in [0.25, 0.3) is 0 Å². The van der Waals surface area contributed by atoms with E-state index in [1.807, 2.05) is 37.1 Å². The average Bonchev–Trinajstić information content (AvgIpc) is 2.53. The molecule has 0 amide bonds. The highest BCUT2D eigenvalue weighted by Crippen LogP contribution is 2.14. The predicted octanol–water partition coefficient (Wildman–Crippen LogP) is 1.39. The lowest BCUT2D eigenvalue weighted by atomic mass is 10.2. The van der Waals surface area contributed by atoms with Crippen molar-refractivity contribution in [2.45, 2.75) is 13.3 Å². The largest absolute Gasteiger partial charge is 0.464 e. The third-order valence-electron chi connectivity index (χ3n) is 2.87. The topological polar surface area (TPSA) is 76.1 Å². The fraction of sp³-hybridized carbons (Fsp3) is 0.429. The Morgan fingerprint density at radius 1 is 1.24 bits per heavy atom. The second-order valence-corrected chi connectivity index (χ2v) is 4.42. The van der Waals surface area contributed by atoms with Gasteiger partial charge in [0.15, 0.2) is 0 Å². The van der Waals surface area contributed by atoms with Crippen LogP contribution in [0.3, 0.4) is 0 Å². The maximum atomic E-state index is 5.36. The molecule has 0 fully saturated rings. The van der Waals surface area contributed by atoms with Crippen molar-refractivity contribution >= 4 is 11.9 Å². The van der Waals surface area contributed by atoms with E-state index in [0.29, 0.717) is 24.5 Å². The van der Waals surface area contributed by atoms with Crippen LogP contribution in [0.15, 0.2) is 24.4 Å². The van der Waals surface area contributed by atoms with E-state index in [2.05, 4.69) is 25.3 Å².